The second-order valence-electron chi connectivity index (χ2n) is 4.91. The van der Waals surface area contributed by atoms with E-state index in [9.17, 15) is 17.6 Å². The number of hydrogen-bond donors (Lipinski definition) is 1. The molecule has 1 aliphatic rings. The third-order valence-electron chi connectivity index (χ3n) is 3.49. The van der Waals surface area contributed by atoms with Gasteiger partial charge >= 0.3 is 12.3 Å². The van der Waals surface area contributed by atoms with Crippen LogP contribution < -0.4 is 5.73 Å². The second kappa shape index (κ2) is 4.53. The molecule has 0 fully saturated rings. The molecular weight excluding hydrogens is 246 g/mol. The average molecular weight is 261 g/mol. The van der Waals surface area contributed by atoms with Crippen LogP contribution in [0.25, 0.3) is 0 Å². The van der Waals surface area contributed by atoms with E-state index < -0.39 is 24.3 Å². The van der Waals surface area contributed by atoms with E-state index in [0.717, 1.165) is 12.0 Å². The van der Waals surface area contributed by atoms with Crippen molar-refractivity contribution in [2.45, 2.75) is 43.6 Å². The standard InChI is InChI=1S/C13H15F4N/c14-11(15)13(16,17)8-12(18)7-3-5-9-4-1-2-6-10(9)12/h1-2,4,6,11H,3,5,7-8,18H2. The van der Waals surface area contributed by atoms with Crippen LogP contribution in [0.1, 0.15) is 30.4 Å². The molecule has 0 amide bonds. The number of halogens is 4. The molecule has 0 spiro atoms. The molecule has 1 atom stereocenters. The summed E-state index contributed by atoms with van der Waals surface area (Å²) in [6.45, 7) is 0. The monoisotopic (exact) mass is 261 g/mol. The number of alkyl halides is 4. The maximum absolute atomic E-state index is 13.2. The van der Waals surface area contributed by atoms with E-state index in [4.69, 9.17) is 5.73 Å². The molecule has 0 saturated carbocycles. The molecule has 1 unspecified atom stereocenters. The van der Waals surface area contributed by atoms with Crippen LogP contribution in [-0.4, -0.2) is 12.3 Å². The Labute approximate surface area is 103 Å². The predicted octanol–water partition coefficient (Wildman–Crippen LogP) is 3.47. The van der Waals surface area contributed by atoms with E-state index in [2.05, 4.69) is 0 Å². The first-order chi connectivity index (χ1) is 8.35. The van der Waals surface area contributed by atoms with E-state index in [1.807, 2.05) is 6.07 Å². The van der Waals surface area contributed by atoms with E-state index in [1.165, 1.54) is 0 Å². The van der Waals surface area contributed by atoms with Gasteiger partial charge in [0.25, 0.3) is 0 Å². The summed E-state index contributed by atoms with van der Waals surface area (Å²) >= 11 is 0. The van der Waals surface area contributed by atoms with Gasteiger partial charge in [0, 0.05) is 12.0 Å². The van der Waals surface area contributed by atoms with Crippen LogP contribution in [0.5, 0.6) is 0 Å². The molecule has 1 aromatic carbocycles. The molecule has 1 aromatic rings. The molecule has 0 saturated heterocycles. The fourth-order valence-electron chi connectivity index (χ4n) is 2.63. The van der Waals surface area contributed by atoms with Gasteiger partial charge in [0.15, 0.2) is 0 Å². The topological polar surface area (TPSA) is 26.0 Å². The molecule has 2 N–H and O–H groups in total. The van der Waals surface area contributed by atoms with Crippen molar-refractivity contribution in [1.29, 1.82) is 0 Å². The van der Waals surface area contributed by atoms with Crippen molar-refractivity contribution in [1.82, 2.24) is 0 Å². The van der Waals surface area contributed by atoms with Crippen molar-refractivity contribution in [3.63, 3.8) is 0 Å². The molecule has 0 bridgehead atoms. The van der Waals surface area contributed by atoms with Gasteiger partial charge in [0.2, 0.25) is 0 Å². The number of aryl methyl sites for hydroxylation is 1. The van der Waals surface area contributed by atoms with Crippen molar-refractivity contribution in [2.24, 2.45) is 5.73 Å². The third-order valence-corrected chi connectivity index (χ3v) is 3.49. The molecular formula is C13H15F4N. The van der Waals surface area contributed by atoms with Crippen LogP contribution in [-0.2, 0) is 12.0 Å². The van der Waals surface area contributed by atoms with Gasteiger partial charge in [-0.2, -0.15) is 0 Å². The average Bonchev–Trinajstić information content (AvgIpc) is 2.28. The van der Waals surface area contributed by atoms with Gasteiger partial charge in [-0.1, -0.05) is 24.3 Å². The van der Waals surface area contributed by atoms with Crippen LogP contribution >= 0.6 is 0 Å². The molecule has 5 heteroatoms. The highest BCUT2D eigenvalue weighted by Crippen LogP contribution is 2.42. The Morgan fingerprint density at radius 1 is 1.28 bits per heavy atom. The number of rotatable bonds is 3. The molecule has 0 heterocycles. The largest absolute Gasteiger partial charge is 0.321 e. The van der Waals surface area contributed by atoms with Crippen LogP contribution in [0, 0.1) is 0 Å². The SMILES string of the molecule is NC1(CC(F)(F)C(F)F)CCCc2ccccc21. The fraction of sp³-hybridized carbons (Fsp3) is 0.538. The Morgan fingerprint density at radius 2 is 1.94 bits per heavy atom. The smallest absolute Gasteiger partial charge is 0.309 e. The molecule has 1 aliphatic carbocycles. The Hall–Kier alpha value is -1.10. The van der Waals surface area contributed by atoms with Crippen molar-refractivity contribution in [3.05, 3.63) is 35.4 Å². The van der Waals surface area contributed by atoms with E-state index in [0.29, 0.717) is 18.4 Å². The summed E-state index contributed by atoms with van der Waals surface area (Å²) in [5, 5.41) is 0. The van der Waals surface area contributed by atoms with Gasteiger partial charge in [-0.25, -0.2) is 17.6 Å². The van der Waals surface area contributed by atoms with Crippen LogP contribution in [0.2, 0.25) is 0 Å². The molecule has 100 valence electrons. The first-order valence-electron chi connectivity index (χ1n) is 5.88. The zero-order valence-corrected chi connectivity index (χ0v) is 9.80. The van der Waals surface area contributed by atoms with Gasteiger partial charge in [0.1, 0.15) is 0 Å². The van der Waals surface area contributed by atoms with Crippen LogP contribution in [0.15, 0.2) is 24.3 Å². The summed E-state index contributed by atoms with van der Waals surface area (Å²) in [7, 11) is 0. The minimum absolute atomic E-state index is 0.312. The number of hydrogen-bond acceptors (Lipinski definition) is 1. The quantitative estimate of drug-likeness (QED) is 0.828. The Morgan fingerprint density at radius 3 is 2.61 bits per heavy atom. The summed E-state index contributed by atoms with van der Waals surface area (Å²) in [5.74, 6) is -4.04. The van der Waals surface area contributed by atoms with Crippen molar-refractivity contribution in [2.75, 3.05) is 0 Å². The summed E-state index contributed by atoms with van der Waals surface area (Å²) in [4.78, 5) is 0. The van der Waals surface area contributed by atoms with E-state index >= 15 is 0 Å². The van der Waals surface area contributed by atoms with Crippen molar-refractivity contribution in [3.8, 4) is 0 Å². The fourth-order valence-corrected chi connectivity index (χ4v) is 2.63. The molecule has 0 aliphatic heterocycles. The maximum Gasteiger partial charge on any atom is 0.309 e. The van der Waals surface area contributed by atoms with Gasteiger partial charge in [-0.15, -0.1) is 0 Å². The van der Waals surface area contributed by atoms with Crippen LogP contribution in [0.3, 0.4) is 0 Å². The summed E-state index contributed by atoms with van der Waals surface area (Å²) in [5.41, 5.74) is 6.09. The number of fused-ring (bicyclic) bond motifs is 1. The molecule has 1 nitrogen and oxygen atoms in total. The Kier molecular flexibility index (Phi) is 3.36. The lowest BCUT2D eigenvalue weighted by Crippen LogP contribution is -2.46. The Bertz CT molecular complexity index is 433. The van der Waals surface area contributed by atoms with E-state index in [1.54, 1.807) is 18.2 Å². The lowest BCUT2D eigenvalue weighted by Gasteiger charge is -2.38. The highest BCUT2D eigenvalue weighted by atomic mass is 19.3. The van der Waals surface area contributed by atoms with Crippen molar-refractivity contribution >= 4 is 0 Å². The van der Waals surface area contributed by atoms with Crippen LogP contribution in [0.4, 0.5) is 17.6 Å². The summed E-state index contributed by atoms with van der Waals surface area (Å²) in [6.07, 6.45) is -2.96. The first kappa shape index (κ1) is 13.3. The normalized spacial score (nSPS) is 24.1. The zero-order chi connectivity index (χ0) is 13.4. The highest BCUT2D eigenvalue weighted by molar-refractivity contribution is 5.36. The van der Waals surface area contributed by atoms with Gasteiger partial charge in [0.05, 0.1) is 0 Å². The lowest BCUT2D eigenvalue weighted by molar-refractivity contribution is -0.145. The number of benzene rings is 1. The van der Waals surface area contributed by atoms with Gasteiger partial charge < -0.3 is 5.73 Å². The van der Waals surface area contributed by atoms with E-state index in [-0.39, 0.29) is 0 Å². The minimum Gasteiger partial charge on any atom is -0.321 e. The molecule has 0 radical (unpaired) electrons. The minimum atomic E-state index is -4.04. The van der Waals surface area contributed by atoms with Gasteiger partial charge in [-0.3, -0.25) is 0 Å². The first-order valence-corrected chi connectivity index (χ1v) is 5.88. The zero-order valence-electron chi connectivity index (χ0n) is 9.80. The number of nitrogens with two attached hydrogens (primary N) is 1. The predicted molar refractivity (Wildman–Crippen MR) is 60.8 cm³/mol. The Balaban J connectivity index is 2.33. The molecule has 18 heavy (non-hydrogen) atoms. The lowest BCUT2D eigenvalue weighted by atomic mass is 9.74. The molecule has 2 rings (SSSR count). The van der Waals surface area contributed by atoms with Gasteiger partial charge in [-0.05, 0) is 30.4 Å². The summed E-state index contributed by atoms with van der Waals surface area (Å²) < 4.78 is 51.1. The summed E-state index contributed by atoms with van der Waals surface area (Å²) in [6, 6.07) is 6.98. The molecule has 0 aromatic heterocycles. The third kappa shape index (κ3) is 2.36. The second-order valence-corrected chi connectivity index (χ2v) is 4.91. The maximum atomic E-state index is 13.2. The highest BCUT2D eigenvalue weighted by Gasteiger charge is 2.48. The van der Waals surface area contributed by atoms with Crippen molar-refractivity contribution < 1.29 is 17.6 Å².